The predicted octanol–water partition coefficient (Wildman–Crippen LogP) is 3.69. The molecule has 0 spiro atoms. The zero-order valence-corrected chi connectivity index (χ0v) is 12.0. The summed E-state index contributed by atoms with van der Waals surface area (Å²) in [6, 6.07) is 0.299. The third-order valence-corrected chi connectivity index (χ3v) is 3.43. The molecule has 0 aliphatic heterocycles. The molecule has 2 N–H and O–H groups in total. The van der Waals surface area contributed by atoms with E-state index in [1.807, 2.05) is 0 Å². The van der Waals surface area contributed by atoms with Crippen LogP contribution in [-0.4, -0.2) is 19.1 Å². The maximum Gasteiger partial charge on any atom is 0.314 e. The standard InChI is InChI=1S/C14H30N2O/c1-5-8-10-12(7-3)13(11-9-6-2)16-14(17)15-4/h12-13H,5-11H2,1-4H3,(H2,15,16,17). The fourth-order valence-corrected chi connectivity index (χ4v) is 2.25. The highest BCUT2D eigenvalue weighted by Crippen LogP contribution is 2.20. The minimum atomic E-state index is -0.0407. The predicted molar refractivity (Wildman–Crippen MR) is 74.2 cm³/mol. The van der Waals surface area contributed by atoms with Gasteiger partial charge in [0.25, 0.3) is 0 Å². The van der Waals surface area contributed by atoms with E-state index < -0.39 is 0 Å². The Hall–Kier alpha value is -0.730. The van der Waals surface area contributed by atoms with E-state index in [1.165, 1.54) is 32.1 Å². The zero-order valence-electron chi connectivity index (χ0n) is 12.0. The Labute approximate surface area is 107 Å². The van der Waals surface area contributed by atoms with Crippen molar-refractivity contribution >= 4 is 6.03 Å². The molecule has 3 nitrogen and oxygen atoms in total. The average Bonchev–Trinajstić information content (AvgIpc) is 2.35. The molecule has 0 rings (SSSR count). The van der Waals surface area contributed by atoms with Crippen molar-refractivity contribution in [1.82, 2.24) is 10.6 Å². The van der Waals surface area contributed by atoms with Gasteiger partial charge in [0.1, 0.15) is 0 Å². The SMILES string of the molecule is CCCCC(CC)C(CCCC)NC(=O)NC. The van der Waals surface area contributed by atoms with Crippen molar-refractivity contribution in [3.05, 3.63) is 0 Å². The molecule has 0 aromatic carbocycles. The molecule has 3 heteroatoms. The van der Waals surface area contributed by atoms with Gasteiger partial charge in [0.05, 0.1) is 0 Å². The van der Waals surface area contributed by atoms with Gasteiger partial charge in [-0.3, -0.25) is 0 Å². The molecule has 0 aromatic rings. The molecule has 2 atom stereocenters. The van der Waals surface area contributed by atoms with E-state index in [0.717, 1.165) is 12.8 Å². The lowest BCUT2D eigenvalue weighted by Gasteiger charge is -2.27. The molecule has 0 saturated heterocycles. The Kier molecular flexibility index (Phi) is 9.98. The third kappa shape index (κ3) is 7.24. The molecule has 0 aromatic heterocycles. The van der Waals surface area contributed by atoms with Crippen molar-refractivity contribution in [3.63, 3.8) is 0 Å². The maximum atomic E-state index is 11.5. The fourth-order valence-electron chi connectivity index (χ4n) is 2.25. The summed E-state index contributed by atoms with van der Waals surface area (Å²) in [6.07, 6.45) is 8.36. The Morgan fingerprint density at radius 2 is 1.65 bits per heavy atom. The second kappa shape index (κ2) is 10.4. The van der Waals surface area contributed by atoms with Crippen molar-refractivity contribution in [3.8, 4) is 0 Å². The van der Waals surface area contributed by atoms with Crippen molar-refractivity contribution in [2.24, 2.45) is 5.92 Å². The maximum absolute atomic E-state index is 11.5. The largest absolute Gasteiger partial charge is 0.341 e. The fraction of sp³-hybridized carbons (Fsp3) is 0.929. The third-order valence-electron chi connectivity index (χ3n) is 3.43. The zero-order chi connectivity index (χ0) is 13.1. The molecule has 0 saturated carbocycles. The summed E-state index contributed by atoms with van der Waals surface area (Å²) in [7, 11) is 1.68. The van der Waals surface area contributed by atoms with Crippen LogP contribution in [0.5, 0.6) is 0 Å². The number of hydrogen-bond acceptors (Lipinski definition) is 1. The number of amides is 2. The molecule has 0 heterocycles. The van der Waals surface area contributed by atoms with E-state index in [2.05, 4.69) is 31.4 Å². The van der Waals surface area contributed by atoms with Gasteiger partial charge in [-0.2, -0.15) is 0 Å². The molecule has 17 heavy (non-hydrogen) atoms. The van der Waals surface area contributed by atoms with Crippen LogP contribution in [0.3, 0.4) is 0 Å². The van der Waals surface area contributed by atoms with Crippen molar-refractivity contribution in [2.75, 3.05) is 7.05 Å². The smallest absolute Gasteiger partial charge is 0.314 e. The molecular weight excluding hydrogens is 212 g/mol. The van der Waals surface area contributed by atoms with Gasteiger partial charge in [0.15, 0.2) is 0 Å². The normalized spacial score (nSPS) is 14.1. The first kappa shape index (κ1) is 16.3. The highest BCUT2D eigenvalue weighted by Gasteiger charge is 2.20. The Balaban J connectivity index is 4.32. The van der Waals surface area contributed by atoms with Gasteiger partial charge in [0, 0.05) is 13.1 Å². The molecule has 0 aliphatic carbocycles. The minimum absolute atomic E-state index is 0.0407. The van der Waals surface area contributed by atoms with E-state index in [-0.39, 0.29) is 6.03 Å². The van der Waals surface area contributed by atoms with Crippen LogP contribution in [0.4, 0.5) is 4.79 Å². The Morgan fingerprint density at radius 3 is 2.12 bits per heavy atom. The number of carbonyl (C=O) groups excluding carboxylic acids is 1. The van der Waals surface area contributed by atoms with E-state index in [1.54, 1.807) is 7.05 Å². The van der Waals surface area contributed by atoms with Crippen LogP contribution in [0.2, 0.25) is 0 Å². The molecule has 2 unspecified atom stereocenters. The van der Waals surface area contributed by atoms with Crippen molar-refractivity contribution in [1.29, 1.82) is 0 Å². The summed E-state index contributed by atoms with van der Waals surface area (Å²) in [5, 5.41) is 5.77. The van der Waals surface area contributed by atoms with Gasteiger partial charge >= 0.3 is 6.03 Å². The van der Waals surface area contributed by atoms with Crippen molar-refractivity contribution in [2.45, 2.75) is 71.8 Å². The first-order valence-corrected chi connectivity index (χ1v) is 7.17. The minimum Gasteiger partial charge on any atom is -0.341 e. The van der Waals surface area contributed by atoms with Crippen LogP contribution < -0.4 is 10.6 Å². The topological polar surface area (TPSA) is 41.1 Å². The summed E-state index contributed by atoms with van der Waals surface area (Å²) >= 11 is 0. The Morgan fingerprint density at radius 1 is 1.06 bits per heavy atom. The average molecular weight is 242 g/mol. The van der Waals surface area contributed by atoms with Crippen LogP contribution >= 0.6 is 0 Å². The molecular formula is C14H30N2O. The van der Waals surface area contributed by atoms with E-state index in [9.17, 15) is 4.79 Å². The van der Waals surface area contributed by atoms with Crippen LogP contribution in [0.15, 0.2) is 0 Å². The second-order valence-corrected chi connectivity index (χ2v) is 4.78. The number of hydrogen-bond donors (Lipinski definition) is 2. The lowest BCUT2D eigenvalue weighted by Crippen LogP contribution is -2.44. The summed E-state index contributed by atoms with van der Waals surface area (Å²) in [5.74, 6) is 0.624. The first-order valence-electron chi connectivity index (χ1n) is 7.17. The number of nitrogens with one attached hydrogen (secondary N) is 2. The quantitative estimate of drug-likeness (QED) is 0.636. The number of unbranched alkanes of at least 4 members (excludes halogenated alkanes) is 2. The number of urea groups is 1. The second-order valence-electron chi connectivity index (χ2n) is 4.78. The molecule has 102 valence electrons. The lowest BCUT2D eigenvalue weighted by atomic mass is 9.88. The number of carbonyl (C=O) groups is 1. The van der Waals surface area contributed by atoms with Gasteiger partial charge in [-0.25, -0.2) is 4.79 Å². The first-order chi connectivity index (χ1) is 8.19. The Bertz CT molecular complexity index is 195. The van der Waals surface area contributed by atoms with Gasteiger partial charge < -0.3 is 10.6 Å². The highest BCUT2D eigenvalue weighted by atomic mass is 16.2. The van der Waals surface area contributed by atoms with Gasteiger partial charge in [-0.1, -0.05) is 52.9 Å². The molecule has 0 bridgehead atoms. The summed E-state index contributed by atoms with van der Waals surface area (Å²) in [5.41, 5.74) is 0. The van der Waals surface area contributed by atoms with E-state index in [4.69, 9.17) is 0 Å². The lowest BCUT2D eigenvalue weighted by molar-refractivity contribution is 0.227. The van der Waals surface area contributed by atoms with Crippen LogP contribution in [0.25, 0.3) is 0 Å². The van der Waals surface area contributed by atoms with E-state index in [0.29, 0.717) is 12.0 Å². The van der Waals surface area contributed by atoms with Crippen molar-refractivity contribution < 1.29 is 4.79 Å². The summed E-state index contributed by atoms with van der Waals surface area (Å²) in [6.45, 7) is 6.65. The molecule has 0 aliphatic rings. The van der Waals surface area contributed by atoms with E-state index >= 15 is 0 Å². The van der Waals surface area contributed by atoms with Crippen LogP contribution in [-0.2, 0) is 0 Å². The number of rotatable bonds is 9. The molecule has 2 amide bonds. The van der Waals surface area contributed by atoms with Crippen LogP contribution in [0, 0.1) is 5.92 Å². The molecule has 0 fully saturated rings. The monoisotopic (exact) mass is 242 g/mol. The highest BCUT2D eigenvalue weighted by molar-refractivity contribution is 5.73. The summed E-state index contributed by atoms with van der Waals surface area (Å²) in [4.78, 5) is 11.5. The molecule has 0 radical (unpaired) electrons. The van der Waals surface area contributed by atoms with Gasteiger partial charge in [-0.05, 0) is 18.8 Å². The summed E-state index contributed by atoms with van der Waals surface area (Å²) < 4.78 is 0. The van der Waals surface area contributed by atoms with Crippen LogP contribution in [0.1, 0.15) is 65.7 Å². The van der Waals surface area contributed by atoms with Gasteiger partial charge in [0.2, 0.25) is 0 Å². The van der Waals surface area contributed by atoms with Gasteiger partial charge in [-0.15, -0.1) is 0 Å².